The molecule has 4 nitrogen and oxygen atoms in total. The van der Waals surface area contributed by atoms with Crippen LogP contribution in [-0.2, 0) is 0 Å². The third kappa shape index (κ3) is 3.37. The number of hydrogen-bond acceptors (Lipinski definition) is 3. The lowest BCUT2D eigenvalue weighted by Gasteiger charge is -2.15. The molecular formula is C13H20N2O2. The van der Waals surface area contributed by atoms with Gasteiger partial charge in [0.2, 0.25) is 0 Å². The maximum absolute atomic E-state index is 8.55. The maximum atomic E-state index is 8.55. The first-order valence-corrected chi connectivity index (χ1v) is 5.63. The summed E-state index contributed by atoms with van der Waals surface area (Å²) in [5, 5.41) is 11.5. The first-order valence-electron chi connectivity index (χ1n) is 5.63. The van der Waals surface area contributed by atoms with Crippen molar-refractivity contribution >= 4 is 5.84 Å². The minimum Gasteiger partial charge on any atom is -0.493 e. The monoisotopic (exact) mass is 236 g/mol. The van der Waals surface area contributed by atoms with Gasteiger partial charge in [-0.3, -0.25) is 0 Å². The SMILES string of the molecule is Cc1cc(C)c(C)c(OCC(C)/C(N)=N/O)c1. The first kappa shape index (κ1) is 13.4. The second-order valence-electron chi connectivity index (χ2n) is 4.44. The van der Waals surface area contributed by atoms with Gasteiger partial charge in [-0.2, -0.15) is 0 Å². The summed E-state index contributed by atoms with van der Waals surface area (Å²) < 4.78 is 5.71. The van der Waals surface area contributed by atoms with E-state index < -0.39 is 0 Å². The normalized spacial score (nSPS) is 13.5. The molecule has 4 heteroatoms. The molecule has 0 spiro atoms. The first-order chi connectivity index (χ1) is 7.95. The van der Waals surface area contributed by atoms with Crippen LogP contribution in [0, 0.1) is 26.7 Å². The number of amidine groups is 1. The molecule has 0 bridgehead atoms. The number of rotatable bonds is 4. The maximum Gasteiger partial charge on any atom is 0.145 e. The Kier molecular flexibility index (Phi) is 4.37. The van der Waals surface area contributed by atoms with Crippen molar-refractivity contribution in [2.24, 2.45) is 16.8 Å². The summed E-state index contributed by atoms with van der Waals surface area (Å²) in [4.78, 5) is 0. The minimum atomic E-state index is -0.111. The van der Waals surface area contributed by atoms with Crippen LogP contribution >= 0.6 is 0 Å². The van der Waals surface area contributed by atoms with E-state index in [1.807, 2.05) is 26.8 Å². The van der Waals surface area contributed by atoms with Crippen LogP contribution in [0.1, 0.15) is 23.6 Å². The molecule has 17 heavy (non-hydrogen) atoms. The molecule has 1 atom stereocenters. The molecule has 0 amide bonds. The van der Waals surface area contributed by atoms with Gasteiger partial charge in [-0.1, -0.05) is 18.1 Å². The zero-order chi connectivity index (χ0) is 13.0. The van der Waals surface area contributed by atoms with Crippen molar-refractivity contribution < 1.29 is 9.94 Å². The summed E-state index contributed by atoms with van der Waals surface area (Å²) >= 11 is 0. The Morgan fingerprint density at radius 3 is 2.65 bits per heavy atom. The molecule has 0 aliphatic heterocycles. The van der Waals surface area contributed by atoms with E-state index in [0.29, 0.717) is 6.61 Å². The van der Waals surface area contributed by atoms with Gasteiger partial charge in [0.25, 0.3) is 0 Å². The molecule has 1 aromatic rings. The topological polar surface area (TPSA) is 67.8 Å². The second-order valence-corrected chi connectivity index (χ2v) is 4.44. The lowest BCUT2D eigenvalue weighted by atomic mass is 10.1. The highest BCUT2D eigenvalue weighted by atomic mass is 16.5. The van der Waals surface area contributed by atoms with Gasteiger partial charge in [-0.05, 0) is 43.5 Å². The van der Waals surface area contributed by atoms with E-state index in [1.54, 1.807) is 0 Å². The Morgan fingerprint density at radius 1 is 1.41 bits per heavy atom. The van der Waals surface area contributed by atoms with E-state index in [9.17, 15) is 0 Å². The summed E-state index contributed by atoms with van der Waals surface area (Å²) in [6.45, 7) is 8.37. The highest BCUT2D eigenvalue weighted by Crippen LogP contribution is 2.23. The van der Waals surface area contributed by atoms with E-state index >= 15 is 0 Å². The fourth-order valence-electron chi connectivity index (χ4n) is 1.55. The lowest BCUT2D eigenvalue weighted by Crippen LogP contribution is -2.26. The molecule has 0 aliphatic rings. The Balaban J connectivity index is 2.76. The van der Waals surface area contributed by atoms with E-state index in [2.05, 4.69) is 18.1 Å². The van der Waals surface area contributed by atoms with Gasteiger partial charge in [0, 0.05) is 0 Å². The fourth-order valence-corrected chi connectivity index (χ4v) is 1.55. The van der Waals surface area contributed by atoms with Gasteiger partial charge in [0.1, 0.15) is 11.6 Å². The van der Waals surface area contributed by atoms with Crippen LogP contribution < -0.4 is 10.5 Å². The molecule has 3 N–H and O–H groups in total. The number of hydrogen-bond donors (Lipinski definition) is 2. The third-order valence-corrected chi connectivity index (χ3v) is 2.87. The van der Waals surface area contributed by atoms with E-state index in [0.717, 1.165) is 11.3 Å². The number of nitrogens with two attached hydrogens (primary N) is 1. The Bertz CT molecular complexity index is 428. The van der Waals surface area contributed by atoms with E-state index in [-0.39, 0.29) is 11.8 Å². The van der Waals surface area contributed by atoms with E-state index in [1.165, 1.54) is 11.1 Å². The molecule has 94 valence electrons. The van der Waals surface area contributed by atoms with Gasteiger partial charge < -0.3 is 15.7 Å². The smallest absolute Gasteiger partial charge is 0.145 e. The van der Waals surface area contributed by atoms with Gasteiger partial charge in [0.15, 0.2) is 0 Å². The Labute approximate surface area is 102 Å². The lowest BCUT2D eigenvalue weighted by molar-refractivity contribution is 0.277. The van der Waals surface area contributed by atoms with Crippen LogP contribution in [0.25, 0.3) is 0 Å². The van der Waals surface area contributed by atoms with Crippen LogP contribution in [0.4, 0.5) is 0 Å². The van der Waals surface area contributed by atoms with Crippen molar-refractivity contribution in [3.05, 3.63) is 28.8 Å². The van der Waals surface area contributed by atoms with Crippen molar-refractivity contribution in [3.63, 3.8) is 0 Å². The molecule has 1 aromatic carbocycles. The standard InChI is InChI=1S/C13H20N2O2/c1-8-5-9(2)11(4)12(6-8)17-7-10(3)13(14)15-16/h5-6,10,16H,7H2,1-4H3,(H2,14,15). The van der Waals surface area contributed by atoms with Gasteiger partial charge in [-0.15, -0.1) is 0 Å². The van der Waals surface area contributed by atoms with Crippen molar-refractivity contribution in [1.29, 1.82) is 0 Å². The van der Waals surface area contributed by atoms with Gasteiger partial charge in [0.05, 0.1) is 12.5 Å². The number of aryl methyl sites for hydroxylation is 2. The summed E-state index contributed by atoms with van der Waals surface area (Å²) in [7, 11) is 0. The molecule has 0 saturated heterocycles. The molecule has 1 rings (SSSR count). The average Bonchev–Trinajstić information content (AvgIpc) is 2.30. The summed E-state index contributed by atoms with van der Waals surface area (Å²) in [6, 6.07) is 4.12. The molecule has 0 saturated carbocycles. The quantitative estimate of drug-likeness (QED) is 0.365. The molecule has 1 unspecified atom stereocenters. The summed E-state index contributed by atoms with van der Waals surface area (Å²) in [6.07, 6.45) is 0. The second kappa shape index (κ2) is 5.57. The van der Waals surface area contributed by atoms with Gasteiger partial charge in [-0.25, -0.2) is 0 Å². The van der Waals surface area contributed by atoms with Crippen molar-refractivity contribution in [2.45, 2.75) is 27.7 Å². The van der Waals surface area contributed by atoms with Crippen LogP contribution in [0.5, 0.6) is 5.75 Å². The van der Waals surface area contributed by atoms with E-state index in [4.69, 9.17) is 15.7 Å². The Morgan fingerprint density at radius 2 is 2.06 bits per heavy atom. The summed E-state index contributed by atoms with van der Waals surface area (Å²) in [5.74, 6) is 0.937. The van der Waals surface area contributed by atoms with Crippen LogP contribution in [0.2, 0.25) is 0 Å². The predicted molar refractivity (Wildman–Crippen MR) is 68.7 cm³/mol. The molecular weight excluding hydrogens is 216 g/mol. The molecule has 0 heterocycles. The summed E-state index contributed by atoms with van der Waals surface area (Å²) in [5.41, 5.74) is 9.00. The number of nitrogens with zero attached hydrogens (tertiary/aromatic N) is 1. The molecule has 0 fully saturated rings. The van der Waals surface area contributed by atoms with Crippen molar-refractivity contribution in [3.8, 4) is 5.75 Å². The zero-order valence-electron chi connectivity index (χ0n) is 10.8. The molecule has 0 aliphatic carbocycles. The number of ether oxygens (including phenoxy) is 1. The molecule has 0 radical (unpaired) electrons. The van der Waals surface area contributed by atoms with Crippen LogP contribution in [-0.4, -0.2) is 17.6 Å². The fraction of sp³-hybridized carbons (Fsp3) is 0.462. The number of oxime groups is 1. The highest BCUT2D eigenvalue weighted by molar-refractivity contribution is 5.81. The Hall–Kier alpha value is -1.71. The number of benzene rings is 1. The van der Waals surface area contributed by atoms with Gasteiger partial charge >= 0.3 is 0 Å². The largest absolute Gasteiger partial charge is 0.493 e. The van der Waals surface area contributed by atoms with Crippen molar-refractivity contribution in [2.75, 3.05) is 6.61 Å². The highest BCUT2D eigenvalue weighted by Gasteiger charge is 2.10. The van der Waals surface area contributed by atoms with Crippen molar-refractivity contribution in [1.82, 2.24) is 0 Å². The average molecular weight is 236 g/mol. The van der Waals surface area contributed by atoms with Crippen LogP contribution in [0.3, 0.4) is 0 Å². The predicted octanol–water partition coefficient (Wildman–Crippen LogP) is 2.37. The minimum absolute atomic E-state index is 0.111. The molecule has 0 aromatic heterocycles. The zero-order valence-corrected chi connectivity index (χ0v) is 10.8. The third-order valence-electron chi connectivity index (χ3n) is 2.87. The van der Waals surface area contributed by atoms with Crippen LogP contribution in [0.15, 0.2) is 17.3 Å².